The minimum Gasteiger partial charge on any atom is -0.486 e. The average molecular weight is 258 g/mol. The van der Waals surface area contributed by atoms with E-state index in [1.54, 1.807) is 13.8 Å². The van der Waals surface area contributed by atoms with Crippen LogP contribution in [0.1, 0.15) is 31.4 Å². The summed E-state index contributed by atoms with van der Waals surface area (Å²) in [4.78, 5) is 0. The molecule has 0 spiro atoms. The molecule has 1 aromatic rings. The number of hydrogen-bond donors (Lipinski definition) is 1. The minimum absolute atomic E-state index is 0.115. The van der Waals surface area contributed by atoms with Crippen LogP contribution >= 0.6 is 0 Å². The summed E-state index contributed by atoms with van der Waals surface area (Å²) in [6.07, 6.45) is -2.57. The van der Waals surface area contributed by atoms with Crippen LogP contribution in [0.25, 0.3) is 0 Å². The molecule has 1 aliphatic heterocycles. The van der Waals surface area contributed by atoms with Crippen LogP contribution in [0.5, 0.6) is 11.5 Å². The summed E-state index contributed by atoms with van der Waals surface area (Å²) in [7, 11) is 0. The maximum absolute atomic E-state index is 12.9. The monoisotopic (exact) mass is 258 g/mol. The fourth-order valence-electron chi connectivity index (χ4n) is 1.89. The van der Waals surface area contributed by atoms with Gasteiger partial charge in [0.15, 0.2) is 11.5 Å². The zero-order valence-corrected chi connectivity index (χ0v) is 10.4. The van der Waals surface area contributed by atoms with Gasteiger partial charge in [0.2, 0.25) is 0 Å². The van der Waals surface area contributed by atoms with Crippen LogP contribution in [0.2, 0.25) is 0 Å². The largest absolute Gasteiger partial charge is 0.486 e. The molecule has 0 aliphatic carbocycles. The van der Waals surface area contributed by atoms with Crippen LogP contribution in [-0.4, -0.2) is 24.9 Å². The maximum atomic E-state index is 12.9. The number of alkyl halides is 2. The molecule has 2 rings (SSSR count). The predicted molar refractivity (Wildman–Crippen MR) is 62.5 cm³/mol. The molecule has 0 unspecified atom stereocenters. The van der Waals surface area contributed by atoms with Crippen molar-refractivity contribution in [3.05, 3.63) is 23.3 Å². The van der Waals surface area contributed by atoms with E-state index in [0.29, 0.717) is 30.3 Å². The molecule has 1 heterocycles. The van der Waals surface area contributed by atoms with Crippen molar-refractivity contribution in [1.82, 2.24) is 0 Å². The Hall–Kier alpha value is -1.36. The first kappa shape index (κ1) is 13.1. The molecule has 0 atom stereocenters. The molecule has 1 aromatic carbocycles. The van der Waals surface area contributed by atoms with Crippen molar-refractivity contribution in [2.75, 3.05) is 19.8 Å². The number of benzene rings is 1. The van der Waals surface area contributed by atoms with Gasteiger partial charge in [-0.3, -0.25) is 0 Å². The van der Waals surface area contributed by atoms with Crippen LogP contribution in [0.3, 0.4) is 0 Å². The molecule has 100 valence electrons. The van der Waals surface area contributed by atoms with Crippen LogP contribution in [0.4, 0.5) is 8.78 Å². The van der Waals surface area contributed by atoms with Crippen molar-refractivity contribution in [2.45, 2.75) is 25.7 Å². The molecule has 0 saturated heterocycles. The Morgan fingerprint density at radius 2 is 1.94 bits per heavy atom. The number of ether oxygens (including phenoxy) is 2. The van der Waals surface area contributed by atoms with Gasteiger partial charge >= 0.3 is 0 Å². The lowest BCUT2D eigenvalue weighted by molar-refractivity contribution is 0.143. The summed E-state index contributed by atoms with van der Waals surface area (Å²) >= 11 is 0. The van der Waals surface area contributed by atoms with Crippen LogP contribution < -0.4 is 9.47 Å². The first-order valence-corrected chi connectivity index (χ1v) is 5.79. The Kier molecular flexibility index (Phi) is 3.43. The second kappa shape index (κ2) is 4.72. The third-order valence-corrected chi connectivity index (χ3v) is 3.04. The fraction of sp³-hybridized carbons (Fsp3) is 0.538. The van der Waals surface area contributed by atoms with Gasteiger partial charge < -0.3 is 14.6 Å². The Labute approximate surface area is 104 Å². The Morgan fingerprint density at radius 1 is 1.28 bits per heavy atom. The number of aliphatic hydroxyl groups is 1. The lowest BCUT2D eigenvalue weighted by Crippen LogP contribution is -2.26. The lowest BCUT2D eigenvalue weighted by atomic mass is 9.83. The van der Waals surface area contributed by atoms with Crippen molar-refractivity contribution >= 4 is 0 Å². The van der Waals surface area contributed by atoms with Crippen molar-refractivity contribution in [2.24, 2.45) is 0 Å². The van der Waals surface area contributed by atoms with Gasteiger partial charge in [-0.05, 0) is 12.1 Å². The third-order valence-electron chi connectivity index (χ3n) is 3.04. The highest BCUT2D eigenvalue weighted by Gasteiger charge is 2.29. The van der Waals surface area contributed by atoms with E-state index in [2.05, 4.69) is 0 Å². The molecule has 3 nitrogen and oxygen atoms in total. The van der Waals surface area contributed by atoms with Crippen LogP contribution in [0.15, 0.2) is 12.1 Å². The summed E-state index contributed by atoms with van der Waals surface area (Å²) < 4.78 is 36.6. The molecule has 18 heavy (non-hydrogen) atoms. The molecule has 0 bridgehead atoms. The highest BCUT2D eigenvalue weighted by molar-refractivity contribution is 5.53. The van der Waals surface area contributed by atoms with Crippen molar-refractivity contribution in [3.8, 4) is 11.5 Å². The molecule has 0 fully saturated rings. The second-order valence-corrected chi connectivity index (χ2v) is 4.94. The van der Waals surface area contributed by atoms with Crippen molar-refractivity contribution in [1.29, 1.82) is 0 Å². The number of aliphatic hydroxyl groups excluding tert-OH is 1. The van der Waals surface area contributed by atoms with Gasteiger partial charge in [-0.25, -0.2) is 8.78 Å². The molecule has 0 radical (unpaired) electrons. The topological polar surface area (TPSA) is 38.7 Å². The number of fused-ring (bicyclic) bond motifs is 1. The van der Waals surface area contributed by atoms with E-state index in [9.17, 15) is 13.9 Å². The van der Waals surface area contributed by atoms with E-state index in [-0.39, 0.29) is 12.2 Å². The summed E-state index contributed by atoms with van der Waals surface area (Å²) in [5, 5.41) is 9.39. The molecule has 1 N–H and O–H groups in total. The average Bonchev–Trinajstić information content (AvgIpc) is 2.37. The van der Waals surface area contributed by atoms with Crippen LogP contribution in [-0.2, 0) is 5.41 Å². The van der Waals surface area contributed by atoms with Crippen LogP contribution in [0, 0.1) is 0 Å². The highest BCUT2D eigenvalue weighted by Crippen LogP contribution is 2.42. The number of rotatable bonds is 3. The Morgan fingerprint density at radius 3 is 2.56 bits per heavy atom. The molecular weight excluding hydrogens is 242 g/mol. The standard InChI is InChI=1S/C13H16F2O3/c1-13(2,7-16)9-5-8(12(14)15)6-10-11(9)18-4-3-17-10/h5-6,12,16H,3-4,7H2,1-2H3. The van der Waals surface area contributed by atoms with E-state index in [4.69, 9.17) is 9.47 Å². The molecule has 0 aromatic heterocycles. The minimum atomic E-state index is -2.57. The van der Waals surface area contributed by atoms with Gasteiger partial charge in [-0.15, -0.1) is 0 Å². The van der Waals surface area contributed by atoms with E-state index in [0.717, 1.165) is 0 Å². The lowest BCUT2D eigenvalue weighted by Gasteiger charge is -2.29. The zero-order valence-electron chi connectivity index (χ0n) is 10.4. The molecule has 1 aliphatic rings. The highest BCUT2D eigenvalue weighted by atomic mass is 19.3. The SMILES string of the molecule is CC(C)(CO)c1cc(C(F)F)cc2c1OCCO2. The summed E-state index contributed by atoms with van der Waals surface area (Å²) in [6, 6.07) is 2.69. The molecule has 0 amide bonds. The van der Waals surface area contributed by atoms with E-state index in [1.807, 2.05) is 0 Å². The van der Waals surface area contributed by atoms with E-state index >= 15 is 0 Å². The molecule has 0 saturated carbocycles. The van der Waals surface area contributed by atoms with Gasteiger partial charge in [-0.1, -0.05) is 13.8 Å². The summed E-state index contributed by atoms with van der Waals surface area (Å²) in [5.41, 5.74) is -0.219. The van der Waals surface area contributed by atoms with Gasteiger partial charge in [0.25, 0.3) is 6.43 Å². The van der Waals surface area contributed by atoms with Gasteiger partial charge in [0.1, 0.15) is 13.2 Å². The zero-order chi connectivity index (χ0) is 13.3. The van der Waals surface area contributed by atoms with E-state index < -0.39 is 11.8 Å². The summed E-state index contributed by atoms with van der Waals surface area (Å²) in [6.45, 7) is 4.12. The second-order valence-electron chi connectivity index (χ2n) is 4.94. The number of hydrogen-bond acceptors (Lipinski definition) is 3. The molecular formula is C13H16F2O3. The first-order chi connectivity index (χ1) is 8.45. The molecule has 5 heteroatoms. The van der Waals surface area contributed by atoms with Gasteiger partial charge in [-0.2, -0.15) is 0 Å². The third kappa shape index (κ3) is 2.27. The predicted octanol–water partition coefficient (Wildman–Crippen LogP) is 2.67. The number of halogens is 2. The Bertz CT molecular complexity index is 444. The summed E-state index contributed by atoms with van der Waals surface area (Å²) in [5.74, 6) is 0.792. The van der Waals surface area contributed by atoms with E-state index in [1.165, 1.54) is 12.1 Å². The van der Waals surface area contributed by atoms with Gasteiger partial charge in [0.05, 0.1) is 6.61 Å². The quantitative estimate of drug-likeness (QED) is 0.905. The fourth-order valence-corrected chi connectivity index (χ4v) is 1.89. The smallest absolute Gasteiger partial charge is 0.263 e. The Balaban J connectivity index is 2.58. The van der Waals surface area contributed by atoms with Crippen molar-refractivity contribution in [3.63, 3.8) is 0 Å². The first-order valence-electron chi connectivity index (χ1n) is 5.79. The van der Waals surface area contributed by atoms with Crippen molar-refractivity contribution < 1.29 is 23.4 Å². The van der Waals surface area contributed by atoms with Gasteiger partial charge in [0, 0.05) is 16.5 Å². The maximum Gasteiger partial charge on any atom is 0.263 e. The normalized spacial score (nSPS) is 15.0.